The van der Waals surface area contributed by atoms with Gasteiger partial charge in [-0.25, -0.2) is 0 Å². The highest BCUT2D eigenvalue weighted by Gasteiger charge is 2.07. The molecule has 80 valence electrons. The second kappa shape index (κ2) is 6.24. The lowest BCUT2D eigenvalue weighted by Crippen LogP contribution is -2.20. The average molecular weight is 221 g/mol. The number of nitrogens with one attached hydrogen (secondary N) is 1. The number of anilines is 1. The highest BCUT2D eigenvalue weighted by atomic mass is 28.2. The minimum absolute atomic E-state index is 0.0470. The molecule has 0 saturated carbocycles. The SMILES string of the molecule is CC(C)C(=O)O[Si]CNc1ccccc1. The first-order valence-corrected chi connectivity index (χ1v) is 6.04. The van der Waals surface area contributed by atoms with Crippen molar-refractivity contribution < 1.29 is 9.22 Å². The first-order chi connectivity index (χ1) is 7.20. The summed E-state index contributed by atoms with van der Waals surface area (Å²) in [6.07, 6.45) is 0.669. The maximum Gasteiger partial charge on any atom is 0.336 e. The molecule has 0 aliphatic rings. The monoisotopic (exact) mass is 221 g/mol. The number of carbonyl (C=O) groups is 1. The van der Waals surface area contributed by atoms with E-state index in [4.69, 9.17) is 4.43 Å². The zero-order valence-electron chi connectivity index (χ0n) is 8.99. The number of hydrogen-bond donors (Lipinski definition) is 1. The molecule has 0 aliphatic carbocycles. The number of benzene rings is 1. The third kappa shape index (κ3) is 4.65. The fourth-order valence-corrected chi connectivity index (χ4v) is 1.65. The van der Waals surface area contributed by atoms with Crippen LogP contribution in [0.2, 0.25) is 0 Å². The zero-order chi connectivity index (χ0) is 11.1. The lowest BCUT2D eigenvalue weighted by molar-refractivity contribution is -0.137. The Balaban J connectivity index is 2.15. The maximum atomic E-state index is 11.1. The van der Waals surface area contributed by atoms with Crippen molar-refractivity contribution >= 4 is 21.4 Å². The van der Waals surface area contributed by atoms with Crippen LogP contribution in [0.4, 0.5) is 5.69 Å². The summed E-state index contributed by atoms with van der Waals surface area (Å²) in [4.78, 5) is 11.1. The summed E-state index contributed by atoms with van der Waals surface area (Å²) in [5.41, 5.74) is 1.05. The van der Waals surface area contributed by atoms with E-state index in [0.29, 0.717) is 6.17 Å². The Morgan fingerprint density at radius 1 is 1.40 bits per heavy atom. The molecule has 3 nitrogen and oxygen atoms in total. The van der Waals surface area contributed by atoms with Gasteiger partial charge in [0.15, 0.2) is 0 Å². The van der Waals surface area contributed by atoms with Gasteiger partial charge >= 0.3 is 9.76 Å². The molecular weight excluding hydrogens is 206 g/mol. The van der Waals surface area contributed by atoms with Crippen molar-refractivity contribution in [2.24, 2.45) is 5.92 Å². The first kappa shape index (κ1) is 11.8. The second-order valence-electron chi connectivity index (χ2n) is 3.44. The van der Waals surface area contributed by atoms with E-state index in [1.165, 1.54) is 0 Å². The third-order valence-electron chi connectivity index (χ3n) is 1.78. The lowest BCUT2D eigenvalue weighted by Gasteiger charge is -2.07. The average Bonchev–Trinajstić information content (AvgIpc) is 2.25. The Hall–Kier alpha value is -1.29. The maximum absolute atomic E-state index is 11.1. The molecule has 1 rings (SSSR count). The van der Waals surface area contributed by atoms with Gasteiger partial charge in [-0.3, -0.25) is 4.79 Å². The number of hydrogen-bond acceptors (Lipinski definition) is 3. The number of rotatable bonds is 5. The number of carbonyl (C=O) groups excluding carboxylic acids is 1. The van der Waals surface area contributed by atoms with Crippen LogP contribution in [0.15, 0.2) is 30.3 Å². The van der Waals surface area contributed by atoms with Gasteiger partial charge < -0.3 is 9.74 Å². The minimum atomic E-state index is -0.136. The summed E-state index contributed by atoms with van der Waals surface area (Å²) < 4.78 is 5.05. The van der Waals surface area contributed by atoms with Crippen LogP contribution >= 0.6 is 0 Å². The van der Waals surface area contributed by atoms with Crippen molar-refractivity contribution in [2.45, 2.75) is 13.8 Å². The summed E-state index contributed by atoms with van der Waals surface area (Å²) in [5, 5.41) is 3.17. The fraction of sp³-hybridized carbons (Fsp3) is 0.364. The van der Waals surface area contributed by atoms with E-state index >= 15 is 0 Å². The van der Waals surface area contributed by atoms with Crippen molar-refractivity contribution in [2.75, 3.05) is 11.5 Å². The quantitative estimate of drug-likeness (QED) is 0.609. The van der Waals surface area contributed by atoms with Gasteiger partial charge in [-0.1, -0.05) is 32.0 Å². The summed E-state index contributed by atoms with van der Waals surface area (Å²) >= 11 is 0. The molecule has 0 fully saturated rings. The Morgan fingerprint density at radius 2 is 2.07 bits per heavy atom. The smallest absolute Gasteiger partial charge is 0.336 e. The summed E-state index contributed by atoms with van der Waals surface area (Å²) in [5.74, 6) is -0.183. The fourth-order valence-electron chi connectivity index (χ4n) is 0.919. The molecule has 1 aromatic rings. The molecule has 0 amide bonds. The van der Waals surface area contributed by atoms with Gasteiger partial charge in [0.1, 0.15) is 0 Å². The van der Waals surface area contributed by atoms with Crippen LogP contribution in [0.3, 0.4) is 0 Å². The van der Waals surface area contributed by atoms with Crippen LogP contribution in [0.5, 0.6) is 0 Å². The molecule has 0 aromatic heterocycles. The molecular formula is C11H15NO2Si. The van der Waals surface area contributed by atoms with E-state index in [1.807, 2.05) is 44.2 Å². The van der Waals surface area contributed by atoms with E-state index in [-0.39, 0.29) is 21.7 Å². The topological polar surface area (TPSA) is 38.3 Å². The summed E-state index contributed by atoms with van der Waals surface area (Å²) in [6.45, 7) is 3.66. The largest absolute Gasteiger partial charge is 0.514 e. The molecule has 1 aromatic carbocycles. The van der Waals surface area contributed by atoms with Crippen LogP contribution in [0, 0.1) is 5.92 Å². The predicted octanol–water partition coefficient (Wildman–Crippen LogP) is 1.87. The van der Waals surface area contributed by atoms with Crippen LogP contribution in [-0.4, -0.2) is 21.9 Å². The molecule has 1 N–H and O–H groups in total. The van der Waals surface area contributed by atoms with Crippen molar-refractivity contribution in [3.8, 4) is 0 Å². The van der Waals surface area contributed by atoms with Crippen LogP contribution in [0.25, 0.3) is 0 Å². The molecule has 0 saturated heterocycles. The molecule has 0 unspecified atom stereocenters. The predicted molar refractivity (Wildman–Crippen MR) is 61.6 cm³/mol. The van der Waals surface area contributed by atoms with E-state index < -0.39 is 0 Å². The summed E-state index contributed by atoms with van der Waals surface area (Å²) in [7, 11) is 0.170. The van der Waals surface area contributed by atoms with Crippen molar-refractivity contribution in [3.05, 3.63) is 30.3 Å². The van der Waals surface area contributed by atoms with Gasteiger partial charge in [-0.05, 0) is 12.1 Å². The second-order valence-corrected chi connectivity index (χ2v) is 4.29. The van der Waals surface area contributed by atoms with Crippen LogP contribution in [-0.2, 0) is 9.22 Å². The highest BCUT2D eigenvalue weighted by Crippen LogP contribution is 2.03. The normalized spacial score (nSPS) is 10.1. The Kier molecular flexibility index (Phi) is 4.90. The molecule has 4 heteroatoms. The van der Waals surface area contributed by atoms with E-state index in [1.54, 1.807) is 0 Å². The van der Waals surface area contributed by atoms with Gasteiger partial charge in [0.2, 0.25) is 0 Å². The lowest BCUT2D eigenvalue weighted by atomic mass is 10.2. The van der Waals surface area contributed by atoms with Gasteiger partial charge in [0.05, 0.1) is 0 Å². The van der Waals surface area contributed by atoms with Gasteiger partial charge in [-0.2, -0.15) is 0 Å². The van der Waals surface area contributed by atoms with Gasteiger partial charge in [0, 0.05) is 17.8 Å². The molecule has 2 radical (unpaired) electrons. The van der Waals surface area contributed by atoms with Crippen molar-refractivity contribution in [3.63, 3.8) is 0 Å². The minimum Gasteiger partial charge on any atom is -0.514 e. The molecule has 0 aliphatic heterocycles. The summed E-state index contributed by atoms with van der Waals surface area (Å²) in [6, 6.07) is 9.85. The molecule has 0 atom stereocenters. The van der Waals surface area contributed by atoms with Gasteiger partial charge in [0.25, 0.3) is 5.97 Å². The Bertz CT molecular complexity index is 301. The van der Waals surface area contributed by atoms with E-state index in [0.717, 1.165) is 5.69 Å². The molecule has 0 heterocycles. The first-order valence-electron chi connectivity index (χ1n) is 4.92. The standard InChI is InChI=1S/C11H15NO2Si/c1-9(2)11(13)14-15-8-12-10-6-4-3-5-7-10/h3-7,9,12H,8H2,1-2H3. The van der Waals surface area contributed by atoms with Crippen molar-refractivity contribution in [1.29, 1.82) is 0 Å². The van der Waals surface area contributed by atoms with E-state index in [2.05, 4.69) is 5.32 Å². The van der Waals surface area contributed by atoms with Crippen LogP contribution < -0.4 is 5.32 Å². The molecule has 0 spiro atoms. The van der Waals surface area contributed by atoms with Gasteiger partial charge in [-0.15, -0.1) is 0 Å². The van der Waals surface area contributed by atoms with E-state index in [9.17, 15) is 4.79 Å². The highest BCUT2D eigenvalue weighted by molar-refractivity contribution is 6.31. The molecule has 0 bridgehead atoms. The molecule has 15 heavy (non-hydrogen) atoms. The van der Waals surface area contributed by atoms with Crippen LogP contribution in [0.1, 0.15) is 13.8 Å². The number of para-hydroxylation sites is 1. The Morgan fingerprint density at radius 3 is 2.67 bits per heavy atom. The zero-order valence-corrected chi connectivity index (χ0v) is 9.99. The van der Waals surface area contributed by atoms with Crippen molar-refractivity contribution in [1.82, 2.24) is 0 Å². The Labute approximate surface area is 92.8 Å². The third-order valence-corrected chi connectivity index (χ3v) is 2.45.